The average molecular weight is 518 g/mol. The highest BCUT2D eigenvalue weighted by molar-refractivity contribution is 14.0. The van der Waals surface area contributed by atoms with Gasteiger partial charge in [0.2, 0.25) is 0 Å². The molecule has 5 nitrogen and oxygen atoms in total. The van der Waals surface area contributed by atoms with Gasteiger partial charge in [0.15, 0.2) is 5.96 Å². The number of nitrogens with zero attached hydrogens (tertiary/aromatic N) is 4. The van der Waals surface area contributed by atoms with Crippen LogP contribution < -0.4 is 10.2 Å². The minimum atomic E-state index is 0. The number of aliphatic imine (C=N–C) groups is 1. The second-order valence-corrected chi connectivity index (χ2v) is 8.65. The molecule has 0 bridgehead atoms. The summed E-state index contributed by atoms with van der Waals surface area (Å²) in [6.45, 7) is 9.73. The molecule has 1 atom stereocenters. The minimum Gasteiger partial charge on any atom is -0.368 e. The highest BCUT2D eigenvalue weighted by atomic mass is 127. The van der Waals surface area contributed by atoms with Gasteiger partial charge in [-0.1, -0.05) is 17.7 Å². The predicted octanol–water partition coefficient (Wildman–Crippen LogP) is 3.45. The van der Waals surface area contributed by atoms with Gasteiger partial charge in [-0.15, -0.1) is 24.0 Å². The number of piperazine rings is 1. The molecule has 3 fully saturated rings. The quantitative estimate of drug-likeness (QED) is 0.377. The Morgan fingerprint density at radius 2 is 1.89 bits per heavy atom. The number of hydrogen-bond acceptors (Lipinski definition) is 3. The topological polar surface area (TPSA) is 34.1 Å². The zero-order chi connectivity index (χ0) is 18.8. The van der Waals surface area contributed by atoms with Gasteiger partial charge in [-0.05, 0) is 56.3 Å². The van der Waals surface area contributed by atoms with E-state index in [-0.39, 0.29) is 24.0 Å². The number of rotatable bonds is 4. The van der Waals surface area contributed by atoms with Crippen LogP contribution in [0, 0.1) is 12.8 Å². The average Bonchev–Trinajstić information content (AvgIpc) is 3.43. The van der Waals surface area contributed by atoms with Crippen LogP contribution in [0.2, 0.25) is 5.02 Å². The van der Waals surface area contributed by atoms with E-state index in [1.807, 2.05) is 13.1 Å². The van der Waals surface area contributed by atoms with Crippen LogP contribution in [0.4, 0.5) is 5.69 Å². The summed E-state index contributed by atoms with van der Waals surface area (Å²) in [5.41, 5.74) is 2.55. The molecule has 0 spiro atoms. The largest absolute Gasteiger partial charge is 0.368 e. The van der Waals surface area contributed by atoms with E-state index in [1.54, 1.807) is 0 Å². The Bertz CT molecular complexity index is 685. The maximum atomic E-state index is 6.21. The first-order valence-electron chi connectivity index (χ1n) is 10.3. The Kier molecular flexibility index (Phi) is 7.73. The van der Waals surface area contributed by atoms with Crippen LogP contribution in [-0.4, -0.2) is 74.7 Å². The van der Waals surface area contributed by atoms with Crippen molar-refractivity contribution in [2.45, 2.75) is 32.2 Å². The van der Waals surface area contributed by atoms with E-state index < -0.39 is 0 Å². The predicted molar refractivity (Wildman–Crippen MR) is 129 cm³/mol. The molecule has 4 rings (SSSR count). The molecular formula is C21H33ClIN5. The first kappa shape index (κ1) is 22.0. The van der Waals surface area contributed by atoms with Gasteiger partial charge < -0.3 is 20.0 Å². The van der Waals surface area contributed by atoms with Crippen molar-refractivity contribution in [2.75, 3.05) is 57.8 Å². The number of aryl methyl sites for hydroxylation is 1. The summed E-state index contributed by atoms with van der Waals surface area (Å²) in [5, 5.41) is 4.46. The summed E-state index contributed by atoms with van der Waals surface area (Å²) in [4.78, 5) is 12.1. The first-order chi connectivity index (χ1) is 13.1. The fourth-order valence-electron chi connectivity index (χ4n) is 4.45. The van der Waals surface area contributed by atoms with Crippen LogP contribution in [0.3, 0.4) is 0 Å². The van der Waals surface area contributed by atoms with E-state index in [1.165, 1.54) is 43.6 Å². The molecule has 0 amide bonds. The van der Waals surface area contributed by atoms with Crippen molar-refractivity contribution >= 4 is 47.2 Å². The molecule has 1 saturated carbocycles. The van der Waals surface area contributed by atoms with Crippen LogP contribution in [0.1, 0.15) is 24.8 Å². The maximum absolute atomic E-state index is 6.21. The molecule has 28 heavy (non-hydrogen) atoms. The van der Waals surface area contributed by atoms with Gasteiger partial charge in [0.25, 0.3) is 0 Å². The molecule has 2 saturated heterocycles. The van der Waals surface area contributed by atoms with Crippen LogP contribution in [0.25, 0.3) is 0 Å². The number of anilines is 1. The summed E-state index contributed by atoms with van der Waals surface area (Å²) < 4.78 is 0. The molecule has 0 radical (unpaired) electrons. The van der Waals surface area contributed by atoms with Gasteiger partial charge in [0.1, 0.15) is 0 Å². The normalized spacial score (nSPS) is 23.7. The van der Waals surface area contributed by atoms with Crippen LogP contribution in [-0.2, 0) is 0 Å². The second kappa shape index (κ2) is 9.85. The van der Waals surface area contributed by atoms with E-state index in [9.17, 15) is 0 Å². The lowest BCUT2D eigenvalue weighted by Crippen LogP contribution is -2.53. The van der Waals surface area contributed by atoms with Crippen molar-refractivity contribution in [2.24, 2.45) is 10.9 Å². The smallest absolute Gasteiger partial charge is 0.193 e. The number of likely N-dealkylation sites (tertiary alicyclic amines) is 1. The summed E-state index contributed by atoms with van der Waals surface area (Å²) >= 11 is 6.21. The van der Waals surface area contributed by atoms with Crippen LogP contribution in [0.15, 0.2) is 23.2 Å². The molecule has 1 aromatic carbocycles. The number of guanidine groups is 1. The molecule has 1 N–H and O–H groups in total. The molecular weight excluding hydrogens is 485 g/mol. The fraction of sp³-hybridized carbons (Fsp3) is 0.667. The molecule has 2 aliphatic heterocycles. The standard InChI is InChI=1S/C21H32ClN5.HI/c1-16-3-4-18(22)13-20(16)25-9-11-26(12-10-25)21(23-2)24-14-17-7-8-27(15-17)19-5-6-19;/h3-4,13,17,19H,5-12,14-15H2,1-2H3,(H,23,24);1H. The van der Waals surface area contributed by atoms with Crippen molar-refractivity contribution in [3.8, 4) is 0 Å². The van der Waals surface area contributed by atoms with Crippen molar-refractivity contribution in [1.82, 2.24) is 15.1 Å². The third kappa shape index (κ3) is 5.25. The molecule has 0 aromatic heterocycles. The van der Waals surface area contributed by atoms with Gasteiger partial charge in [-0.2, -0.15) is 0 Å². The van der Waals surface area contributed by atoms with Crippen molar-refractivity contribution in [3.05, 3.63) is 28.8 Å². The second-order valence-electron chi connectivity index (χ2n) is 8.21. The van der Waals surface area contributed by atoms with Gasteiger partial charge >= 0.3 is 0 Å². The molecule has 1 aromatic rings. The lowest BCUT2D eigenvalue weighted by Gasteiger charge is -2.38. The van der Waals surface area contributed by atoms with Crippen molar-refractivity contribution in [3.63, 3.8) is 0 Å². The van der Waals surface area contributed by atoms with Crippen LogP contribution in [0.5, 0.6) is 0 Å². The molecule has 2 heterocycles. The highest BCUT2D eigenvalue weighted by Crippen LogP contribution is 2.31. The molecule has 3 aliphatic rings. The monoisotopic (exact) mass is 517 g/mol. The third-order valence-corrected chi connectivity index (χ3v) is 6.47. The Labute approximate surface area is 191 Å². The summed E-state index contributed by atoms with van der Waals surface area (Å²) in [5.74, 6) is 1.82. The summed E-state index contributed by atoms with van der Waals surface area (Å²) in [6, 6.07) is 7.07. The minimum absolute atomic E-state index is 0. The van der Waals surface area contributed by atoms with Gasteiger partial charge in [0.05, 0.1) is 0 Å². The molecule has 156 valence electrons. The lowest BCUT2D eigenvalue weighted by molar-refractivity contribution is 0.312. The Balaban J connectivity index is 0.00000225. The molecule has 1 aliphatic carbocycles. The number of hydrogen-bond donors (Lipinski definition) is 1. The van der Waals surface area contributed by atoms with E-state index in [0.717, 1.165) is 55.7 Å². The van der Waals surface area contributed by atoms with Crippen LogP contribution >= 0.6 is 35.6 Å². The third-order valence-electron chi connectivity index (χ3n) is 6.23. The molecule has 1 unspecified atom stereocenters. The highest BCUT2D eigenvalue weighted by Gasteiger charge is 2.34. The van der Waals surface area contributed by atoms with E-state index >= 15 is 0 Å². The number of benzene rings is 1. The Hall–Kier alpha value is -0.730. The Morgan fingerprint density at radius 1 is 1.14 bits per heavy atom. The number of halogens is 2. The first-order valence-corrected chi connectivity index (χ1v) is 10.7. The van der Waals surface area contributed by atoms with Gasteiger partial charge in [-0.3, -0.25) is 4.99 Å². The zero-order valence-electron chi connectivity index (χ0n) is 17.0. The Morgan fingerprint density at radius 3 is 2.57 bits per heavy atom. The van der Waals surface area contributed by atoms with E-state index in [0.29, 0.717) is 0 Å². The van der Waals surface area contributed by atoms with Gasteiger partial charge in [-0.25, -0.2) is 0 Å². The van der Waals surface area contributed by atoms with Crippen molar-refractivity contribution < 1.29 is 0 Å². The van der Waals surface area contributed by atoms with E-state index in [2.05, 4.69) is 44.1 Å². The fourth-order valence-corrected chi connectivity index (χ4v) is 4.62. The molecule has 7 heteroatoms. The summed E-state index contributed by atoms with van der Waals surface area (Å²) in [6.07, 6.45) is 4.15. The van der Waals surface area contributed by atoms with Crippen molar-refractivity contribution in [1.29, 1.82) is 0 Å². The van der Waals surface area contributed by atoms with Gasteiger partial charge in [0, 0.05) is 63.1 Å². The van der Waals surface area contributed by atoms with E-state index in [4.69, 9.17) is 11.6 Å². The summed E-state index contributed by atoms with van der Waals surface area (Å²) in [7, 11) is 1.90. The SMILES string of the molecule is CN=C(NCC1CCN(C2CC2)C1)N1CCN(c2cc(Cl)ccc2C)CC1.I. The zero-order valence-corrected chi connectivity index (χ0v) is 20.1. The lowest BCUT2D eigenvalue weighted by atomic mass is 10.1. The number of nitrogens with one attached hydrogen (secondary N) is 1. The maximum Gasteiger partial charge on any atom is 0.193 e.